The second-order valence-corrected chi connectivity index (χ2v) is 31.7. The van der Waals surface area contributed by atoms with Gasteiger partial charge in [0.25, 0.3) is 0 Å². The third-order valence-corrected chi connectivity index (χ3v) is 29.7. The van der Waals surface area contributed by atoms with Crippen LogP contribution >= 0.6 is 11.6 Å². The van der Waals surface area contributed by atoms with Crippen molar-refractivity contribution in [3.05, 3.63) is 64.7 Å². The van der Waals surface area contributed by atoms with E-state index in [-0.39, 0.29) is 11.1 Å². The van der Waals surface area contributed by atoms with Gasteiger partial charge >= 0.3 is 248 Å². The predicted octanol–water partition coefficient (Wildman–Crippen LogP) is 11.1. The van der Waals surface area contributed by atoms with Gasteiger partial charge in [-0.1, -0.05) is 0 Å². The monoisotopic (exact) mass is 664 g/mol. The summed E-state index contributed by atoms with van der Waals surface area (Å²) in [6.07, 6.45) is 9.31. The number of halogens is 1. The second kappa shape index (κ2) is 15.6. The SMILES string of the molecule is CCC[CH2][Sn]([CH2]CCC)([CH2]CCC)[c]1ccc(C(Cc2ccc(Cl)cc2)C(C)O[Si](C)(C)C(C)(C)C)cc1. The summed E-state index contributed by atoms with van der Waals surface area (Å²) < 4.78 is 13.3. The molecule has 0 aliphatic carbocycles. The van der Waals surface area contributed by atoms with Gasteiger partial charge in [-0.3, -0.25) is 0 Å². The Kier molecular flexibility index (Phi) is 14.0. The zero-order valence-electron chi connectivity index (χ0n) is 26.1. The minimum absolute atomic E-state index is 0.158. The normalized spacial score (nSPS) is 14.5. The van der Waals surface area contributed by atoms with Crippen molar-refractivity contribution in [1.82, 2.24) is 0 Å². The molecule has 0 heterocycles. The van der Waals surface area contributed by atoms with Crippen LogP contribution in [0.1, 0.15) is 104 Å². The first kappa shape index (κ1) is 33.9. The summed E-state index contributed by atoms with van der Waals surface area (Å²) in [6.45, 7) is 21.2. The molecule has 4 heteroatoms. The molecule has 2 atom stereocenters. The van der Waals surface area contributed by atoms with Crippen molar-refractivity contribution >= 4 is 41.9 Å². The Morgan fingerprint density at radius 3 is 1.68 bits per heavy atom. The van der Waals surface area contributed by atoms with E-state index >= 15 is 0 Å². The van der Waals surface area contributed by atoms with Gasteiger partial charge in [-0.05, 0) is 0 Å². The van der Waals surface area contributed by atoms with E-state index in [1.165, 1.54) is 63.0 Å². The van der Waals surface area contributed by atoms with E-state index in [2.05, 4.69) is 98.0 Å². The Balaban J connectivity index is 2.46. The quantitative estimate of drug-likeness (QED) is 0.162. The van der Waals surface area contributed by atoms with Crippen molar-refractivity contribution < 1.29 is 4.43 Å². The van der Waals surface area contributed by atoms with Crippen LogP contribution in [0, 0.1) is 0 Å². The van der Waals surface area contributed by atoms with E-state index in [0.29, 0.717) is 5.92 Å². The summed E-state index contributed by atoms with van der Waals surface area (Å²) in [5, 5.41) is 0.997. The molecule has 0 spiro atoms. The van der Waals surface area contributed by atoms with Crippen LogP contribution in [0.25, 0.3) is 0 Å². The molecule has 0 radical (unpaired) electrons. The van der Waals surface area contributed by atoms with Gasteiger partial charge in [-0.25, -0.2) is 0 Å². The van der Waals surface area contributed by atoms with E-state index in [1.54, 1.807) is 3.58 Å². The zero-order chi connectivity index (χ0) is 28.4. The predicted molar refractivity (Wildman–Crippen MR) is 177 cm³/mol. The van der Waals surface area contributed by atoms with Gasteiger partial charge in [0.2, 0.25) is 0 Å². The molecule has 0 saturated carbocycles. The van der Waals surface area contributed by atoms with Crippen LogP contribution in [-0.2, 0) is 10.8 Å². The van der Waals surface area contributed by atoms with Crippen LogP contribution in [-0.4, -0.2) is 32.8 Å². The Morgan fingerprint density at radius 1 is 0.789 bits per heavy atom. The number of hydrogen-bond acceptors (Lipinski definition) is 1. The van der Waals surface area contributed by atoms with Gasteiger partial charge in [-0.15, -0.1) is 0 Å². The average Bonchev–Trinajstić information content (AvgIpc) is 2.87. The van der Waals surface area contributed by atoms with Gasteiger partial charge in [0, 0.05) is 0 Å². The molecule has 0 aliphatic rings. The van der Waals surface area contributed by atoms with Gasteiger partial charge in [-0.2, -0.15) is 0 Å². The van der Waals surface area contributed by atoms with Crippen LogP contribution in [0.2, 0.25) is 36.5 Å². The molecule has 2 unspecified atom stereocenters. The first-order chi connectivity index (χ1) is 17.9. The fourth-order valence-corrected chi connectivity index (χ4v) is 23.1. The summed E-state index contributed by atoms with van der Waals surface area (Å²) >= 11 is 3.79. The van der Waals surface area contributed by atoms with Crippen molar-refractivity contribution in [3.8, 4) is 0 Å². The van der Waals surface area contributed by atoms with Crippen LogP contribution in [0.15, 0.2) is 48.5 Å². The molecule has 2 rings (SSSR count). The Bertz CT molecular complexity index is 911. The molecule has 0 aliphatic heterocycles. The Labute approximate surface area is 246 Å². The first-order valence-electron chi connectivity index (χ1n) is 15.4. The summed E-state index contributed by atoms with van der Waals surface area (Å²) in [6, 6.07) is 18.5. The first-order valence-corrected chi connectivity index (χ1v) is 26.2. The average molecular weight is 664 g/mol. The summed E-state index contributed by atoms with van der Waals surface area (Å²) in [5.74, 6) is 0.325. The zero-order valence-corrected chi connectivity index (χ0v) is 30.7. The fourth-order valence-electron chi connectivity index (χ4n) is 5.59. The summed E-state index contributed by atoms with van der Waals surface area (Å²) in [7, 11) is -1.89. The Hall–Kier alpha value is -0.294. The molecular formula is C34H57ClOSiSn. The third-order valence-electron chi connectivity index (χ3n) is 9.20. The summed E-state index contributed by atoms with van der Waals surface area (Å²) in [4.78, 5) is 0. The van der Waals surface area contributed by atoms with E-state index in [4.69, 9.17) is 16.0 Å². The van der Waals surface area contributed by atoms with Crippen molar-refractivity contribution in [1.29, 1.82) is 0 Å². The number of benzene rings is 2. The Morgan fingerprint density at radius 2 is 1.26 bits per heavy atom. The molecule has 1 nitrogen and oxygen atoms in total. The maximum atomic E-state index is 7.00. The van der Waals surface area contributed by atoms with Gasteiger partial charge in [0.05, 0.1) is 0 Å². The minimum atomic E-state index is -2.43. The molecule has 0 saturated heterocycles. The molecule has 0 N–H and O–H groups in total. The molecule has 0 bridgehead atoms. The van der Waals surface area contributed by atoms with E-state index < -0.39 is 26.7 Å². The van der Waals surface area contributed by atoms with Gasteiger partial charge < -0.3 is 0 Å². The molecule has 0 aromatic heterocycles. The maximum absolute atomic E-state index is 7.00. The molecule has 38 heavy (non-hydrogen) atoms. The van der Waals surface area contributed by atoms with Crippen molar-refractivity contribution in [2.45, 2.75) is 137 Å². The topological polar surface area (TPSA) is 9.23 Å². The van der Waals surface area contributed by atoms with E-state index in [0.717, 1.165) is 11.4 Å². The number of hydrogen-bond donors (Lipinski definition) is 0. The van der Waals surface area contributed by atoms with Crippen molar-refractivity contribution in [2.24, 2.45) is 0 Å². The summed E-state index contributed by atoms with van der Waals surface area (Å²) in [5.41, 5.74) is 2.76. The van der Waals surface area contributed by atoms with Crippen LogP contribution in [0.4, 0.5) is 0 Å². The van der Waals surface area contributed by atoms with Crippen molar-refractivity contribution in [3.63, 3.8) is 0 Å². The van der Waals surface area contributed by atoms with Gasteiger partial charge in [0.1, 0.15) is 0 Å². The second-order valence-electron chi connectivity index (χ2n) is 13.2. The molecule has 0 amide bonds. The van der Waals surface area contributed by atoms with E-state index in [9.17, 15) is 0 Å². The molecule has 214 valence electrons. The fraction of sp³-hybridized carbons (Fsp3) is 0.647. The van der Waals surface area contributed by atoms with E-state index in [1.807, 2.05) is 12.1 Å². The standard InChI is InChI=1S/C22H30ClOSi.3C4H9.Sn/c1-17(24-25(5,6)22(2,3)4)21(19-10-8-7-9-11-19)16-18-12-14-20(23)15-13-18;3*1-3-4-2;/h8-15,17,21H,16H2,1-6H3;3*1,3-4H2,2H3;. The van der Waals surface area contributed by atoms with Gasteiger partial charge in [0.15, 0.2) is 0 Å². The van der Waals surface area contributed by atoms with Crippen molar-refractivity contribution in [2.75, 3.05) is 0 Å². The number of rotatable bonds is 16. The molecule has 2 aromatic carbocycles. The van der Waals surface area contributed by atoms with Crippen LogP contribution in [0.5, 0.6) is 0 Å². The number of unbranched alkanes of at least 4 members (excludes halogenated alkanes) is 3. The third kappa shape index (κ3) is 9.67. The van der Waals surface area contributed by atoms with Crippen LogP contribution in [0.3, 0.4) is 0 Å². The molecule has 0 fully saturated rings. The van der Waals surface area contributed by atoms with Crippen LogP contribution < -0.4 is 3.58 Å². The molecule has 2 aromatic rings. The molecular weight excluding hydrogens is 607 g/mol.